The first-order valence-corrected chi connectivity index (χ1v) is 10.7. The van der Waals surface area contributed by atoms with Gasteiger partial charge in [0.05, 0.1) is 18.1 Å². The third kappa shape index (κ3) is 3.93. The van der Waals surface area contributed by atoms with E-state index in [9.17, 15) is 18.4 Å². The van der Waals surface area contributed by atoms with Crippen molar-refractivity contribution in [2.24, 2.45) is 0 Å². The lowest BCUT2D eigenvalue weighted by Crippen LogP contribution is -2.30. The highest BCUT2D eigenvalue weighted by molar-refractivity contribution is 14.1. The van der Waals surface area contributed by atoms with Gasteiger partial charge in [0.25, 0.3) is 5.91 Å². The normalized spacial score (nSPS) is 13.6. The van der Waals surface area contributed by atoms with E-state index in [1.807, 2.05) is 0 Å². The molecule has 30 heavy (non-hydrogen) atoms. The number of carbonyl (C=O) groups is 2. The summed E-state index contributed by atoms with van der Waals surface area (Å²) in [6.45, 7) is 1.83. The van der Waals surface area contributed by atoms with E-state index >= 15 is 0 Å². The van der Waals surface area contributed by atoms with Gasteiger partial charge >= 0.3 is 0 Å². The van der Waals surface area contributed by atoms with Crippen LogP contribution in [0.15, 0.2) is 42.5 Å². The van der Waals surface area contributed by atoms with Crippen molar-refractivity contribution in [3.8, 4) is 16.9 Å². The number of benzene rings is 2. The number of hydrogen-bond acceptors (Lipinski definition) is 3. The zero-order valence-corrected chi connectivity index (χ0v) is 18.1. The number of amides is 2. The van der Waals surface area contributed by atoms with E-state index in [1.54, 1.807) is 31.2 Å². The highest BCUT2D eigenvalue weighted by Crippen LogP contribution is 2.28. The van der Waals surface area contributed by atoms with Crippen molar-refractivity contribution in [1.82, 2.24) is 20.0 Å². The molecule has 1 fully saturated rings. The topological polar surface area (TPSA) is 67.2 Å². The second-order valence-electron chi connectivity index (χ2n) is 7.01. The molecule has 6 nitrogen and oxygen atoms in total. The Balaban J connectivity index is 1.85. The minimum absolute atomic E-state index is 0.0460. The second kappa shape index (κ2) is 8.13. The molecule has 1 aliphatic heterocycles. The van der Waals surface area contributed by atoms with Crippen molar-refractivity contribution in [2.45, 2.75) is 11.4 Å². The van der Waals surface area contributed by atoms with Crippen LogP contribution < -0.4 is 5.32 Å². The summed E-state index contributed by atoms with van der Waals surface area (Å²) < 4.78 is 30.0. The first-order valence-electron chi connectivity index (χ1n) is 9.14. The molecule has 0 radical (unpaired) electrons. The van der Waals surface area contributed by atoms with Crippen LogP contribution in [0.5, 0.6) is 0 Å². The molecule has 0 aliphatic carbocycles. The van der Waals surface area contributed by atoms with Gasteiger partial charge in [-0.25, -0.2) is 13.5 Å². The maximum Gasteiger partial charge on any atom is 0.276 e. The van der Waals surface area contributed by atoms with Gasteiger partial charge in [-0.15, -0.1) is 0 Å². The first-order chi connectivity index (χ1) is 14.4. The molecule has 4 rings (SSSR count). The predicted octanol–water partition coefficient (Wildman–Crippen LogP) is 3.59. The molecule has 1 aromatic heterocycles. The molecule has 1 saturated heterocycles. The van der Waals surface area contributed by atoms with E-state index in [2.05, 4.69) is 33.0 Å². The molecule has 0 unspecified atom stereocenters. The van der Waals surface area contributed by atoms with Gasteiger partial charge < -0.3 is 10.2 Å². The highest BCUT2D eigenvalue weighted by atomic mass is 127. The average molecular weight is 522 g/mol. The van der Waals surface area contributed by atoms with Gasteiger partial charge in [0, 0.05) is 9.99 Å². The standard InChI is InChI=1S/C21H17F2IN4O2/c1-12-4-13(6-15(22)5-12)19-8-18(21(30)27-10-20(29)25-11-27)26-28(19)16-2-3-17(23)14(7-16)9-24/h2-8H,9-11H2,1H3,(H,25,29). The van der Waals surface area contributed by atoms with E-state index in [0.29, 0.717) is 32.5 Å². The Bertz CT molecular complexity index is 1140. The van der Waals surface area contributed by atoms with Crippen molar-refractivity contribution < 1.29 is 18.4 Å². The summed E-state index contributed by atoms with van der Waals surface area (Å²) in [5, 5.41) is 7.01. The van der Waals surface area contributed by atoms with Crippen LogP contribution in [0.25, 0.3) is 16.9 Å². The summed E-state index contributed by atoms with van der Waals surface area (Å²) in [6.07, 6.45) is 0. The lowest BCUT2D eigenvalue weighted by atomic mass is 10.1. The minimum Gasteiger partial charge on any atom is -0.337 e. The lowest BCUT2D eigenvalue weighted by Gasteiger charge is -2.11. The van der Waals surface area contributed by atoms with Gasteiger partial charge in [0.2, 0.25) is 5.91 Å². The van der Waals surface area contributed by atoms with Gasteiger partial charge in [-0.2, -0.15) is 5.10 Å². The smallest absolute Gasteiger partial charge is 0.276 e. The molecule has 0 saturated carbocycles. The molecule has 3 aromatic rings. The molecule has 0 atom stereocenters. The zero-order chi connectivity index (χ0) is 21.4. The number of carbonyl (C=O) groups excluding carboxylic acids is 2. The van der Waals surface area contributed by atoms with Gasteiger partial charge in [-0.3, -0.25) is 9.59 Å². The number of aryl methyl sites for hydroxylation is 1. The third-order valence-electron chi connectivity index (χ3n) is 4.77. The second-order valence-corrected chi connectivity index (χ2v) is 7.78. The summed E-state index contributed by atoms with van der Waals surface area (Å²) in [5.74, 6) is -1.40. The number of aromatic nitrogens is 2. The van der Waals surface area contributed by atoms with Crippen molar-refractivity contribution in [2.75, 3.05) is 13.2 Å². The molecule has 0 bridgehead atoms. The quantitative estimate of drug-likeness (QED) is 0.421. The average Bonchev–Trinajstić information content (AvgIpc) is 3.34. The van der Waals surface area contributed by atoms with Crippen LogP contribution in [0, 0.1) is 18.6 Å². The summed E-state index contributed by atoms with van der Waals surface area (Å²) in [6, 6.07) is 10.7. The van der Waals surface area contributed by atoms with Gasteiger partial charge in [0.15, 0.2) is 5.69 Å². The van der Waals surface area contributed by atoms with Crippen molar-refractivity contribution in [3.05, 3.63) is 70.9 Å². The molecule has 154 valence electrons. The van der Waals surface area contributed by atoms with Crippen LogP contribution in [0.1, 0.15) is 21.6 Å². The molecular weight excluding hydrogens is 505 g/mol. The van der Waals surface area contributed by atoms with Gasteiger partial charge in [-0.05, 0) is 60.5 Å². The van der Waals surface area contributed by atoms with Crippen LogP contribution in [-0.4, -0.2) is 39.7 Å². The minimum atomic E-state index is -0.419. The Morgan fingerprint density at radius 1 is 1.20 bits per heavy atom. The summed E-state index contributed by atoms with van der Waals surface area (Å²) >= 11 is 2.07. The summed E-state index contributed by atoms with van der Waals surface area (Å²) in [4.78, 5) is 25.7. The Morgan fingerprint density at radius 2 is 2.00 bits per heavy atom. The fourth-order valence-corrected chi connectivity index (χ4v) is 3.93. The molecule has 2 aromatic carbocycles. The number of alkyl halides is 1. The molecule has 2 amide bonds. The Kier molecular flexibility index (Phi) is 5.54. The van der Waals surface area contributed by atoms with Crippen molar-refractivity contribution in [3.63, 3.8) is 0 Å². The van der Waals surface area contributed by atoms with Crippen LogP contribution in [0.2, 0.25) is 0 Å². The van der Waals surface area contributed by atoms with E-state index in [1.165, 1.54) is 27.8 Å². The molecular formula is C21H17F2IN4O2. The molecule has 1 aliphatic rings. The molecule has 9 heteroatoms. The molecule has 1 N–H and O–H groups in total. The van der Waals surface area contributed by atoms with E-state index in [0.717, 1.165) is 0 Å². The van der Waals surface area contributed by atoms with Gasteiger partial charge in [-0.1, -0.05) is 22.6 Å². The van der Waals surface area contributed by atoms with Crippen molar-refractivity contribution in [1.29, 1.82) is 0 Å². The highest BCUT2D eigenvalue weighted by Gasteiger charge is 2.27. The molecule has 0 spiro atoms. The summed E-state index contributed by atoms with van der Waals surface area (Å²) in [7, 11) is 0. The Morgan fingerprint density at radius 3 is 2.67 bits per heavy atom. The monoisotopic (exact) mass is 522 g/mol. The van der Waals surface area contributed by atoms with E-state index < -0.39 is 11.7 Å². The van der Waals surface area contributed by atoms with E-state index in [4.69, 9.17) is 0 Å². The molecule has 2 heterocycles. The number of rotatable bonds is 4. The fraction of sp³-hybridized carbons (Fsp3) is 0.190. The van der Waals surface area contributed by atoms with Crippen LogP contribution >= 0.6 is 22.6 Å². The van der Waals surface area contributed by atoms with E-state index in [-0.39, 0.29) is 30.6 Å². The Hall–Kier alpha value is -2.82. The SMILES string of the molecule is Cc1cc(F)cc(-c2cc(C(=O)N3CNC(=O)C3)nn2-c2ccc(F)c(CI)c2)c1. The maximum atomic E-state index is 14.1. The third-order valence-corrected chi connectivity index (χ3v) is 5.59. The van der Waals surface area contributed by atoms with Crippen molar-refractivity contribution >= 4 is 34.4 Å². The number of nitrogens with one attached hydrogen (secondary N) is 1. The van der Waals surface area contributed by atoms with Gasteiger partial charge in [0.1, 0.15) is 18.2 Å². The van der Waals surface area contributed by atoms with Crippen LogP contribution in [0.4, 0.5) is 8.78 Å². The first kappa shape index (κ1) is 20.5. The lowest BCUT2D eigenvalue weighted by molar-refractivity contribution is -0.118. The fourth-order valence-electron chi connectivity index (χ4n) is 3.34. The maximum absolute atomic E-state index is 14.1. The Labute approximate surface area is 185 Å². The van der Waals surface area contributed by atoms with Crippen LogP contribution in [0.3, 0.4) is 0 Å². The number of hydrogen-bond donors (Lipinski definition) is 1. The predicted molar refractivity (Wildman–Crippen MR) is 115 cm³/mol. The number of halogens is 3. The number of nitrogens with zero attached hydrogens (tertiary/aromatic N) is 3. The summed E-state index contributed by atoms with van der Waals surface area (Å²) in [5.41, 5.74) is 2.90. The van der Waals surface area contributed by atoms with Crippen LogP contribution in [-0.2, 0) is 9.22 Å². The zero-order valence-electron chi connectivity index (χ0n) is 16.0. The largest absolute Gasteiger partial charge is 0.337 e.